The Morgan fingerprint density at radius 3 is 2.57 bits per heavy atom. The highest BCUT2D eigenvalue weighted by Crippen LogP contribution is 2.21. The van der Waals surface area contributed by atoms with Gasteiger partial charge in [0, 0.05) is 6.54 Å². The van der Waals surface area contributed by atoms with E-state index in [1.165, 1.54) is 11.1 Å². The Labute approximate surface area is 142 Å². The molecule has 1 unspecified atom stereocenters. The molecule has 0 fully saturated rings. The fourth-order valence-corrected chi connectivity index (χ4v) is 2.87. The van der Waals surface area contributed by atoms with E-state index >= 15 is 0 Å². The molecular weight excluding hydrogens is 306 g/mol. The third-order valence-corrected chi connectivity index (χ3v) is 4.42. The lowest BCUT2D eigenvalue weighted by molar-refractivity contribution is -0.139. The van der Waals surface area contributed by atoms with Crippen LogP contribution in [0.1, 0.15) is 17.5 Å². The zero-order valence-corrected chi connectivity index (χ0v) is 14.4. The minimum Gasteiger partial charge on any atom is -0.480 e. The fraction of sp³-hybridized carbons (Fsp3) is 0.316. The average molecular weight is 329 g/mol. The van der Waals surface area contributed by atoms with E-state index in [0.717, 1.165) is 16.9 Å². The van der Waals surface area contributed by atoms with E-state index in [1.54, 1.807) is 11.8 Å². The summed E-state index contributed by atoms with van der Waals surface area (Å²) in [6.45, 7) is 2.63. The van der Waals surface area contributed by atoms with Crippen LogP contribution in [-0.4, -0.2) is 29.1 Å². The third kappa shape index (κ3) is 5.41. The van der Waals surface area contributed by atoms with Gasteiger partial charge in [0.05, 0.1) is 0 Å². The van der Waals surface area contributed by atoms with Gasteiger partial charge in [0.2, 0.25) is 0 Å². The van der Waals surface area contributed by atoms with E-state index in [0.29, 0.717) is 13.0 Å². The normalized spacial score (nSPS) is 12.1. The SMILES string of the molecule is CSCCC(NCc1cccc(-c2ccc(C)cc2)c1)C(=O)O. The standard InChI is InChI=1S/C19H23NO2S/c1-14-6-8-16(9-7-14)17-5-3-4-15(12-17)13-20-18(19(21)22)10-11-23-2/h3-9,12,18,20H,10-11,13H2,1-2H3,(H,21,22). The van der Waals surface area contributed by atoms with Gasteiger partial charge < -0.3 is 10.4 Å². The number of aryl methyl sites for hydroxylation is 1. The monoisotopic (exact) mass is 329 g/mol. The first-order valence-electron chi connectivity index (χ1n) is 7.71. The number of nitrogens with one attached hydrogen (secondary N) is 1. The molecular formula is C19H23NO2S. The molecule has 0 radical (unpaired) electrons. The molecule has 0 aromatic heterocycles. The zero-order valence-electron chi connectivity index (χ0n) is 13.6. The molecule has 4 heteroatoms. The molecule has 0 aliphatic rings. The van der Waals surface area contributed by atoms with Gasteiger partial charge >= 0.3 is 5.97 Å². The van der Waals surface area contributed by atoms with Gasteiger partial charge in [-0.3, -0.25) is 4.79 Å². The molecule has 2 aromatic carbocycles. The fourth-order valence-electron chi connectivity index (χ4n) is 2.40. The van der Waals surface area contributed by atoms with Crippen LogP contribution in [0.3, 0.4) is 0 Å². The lowest BCUT2D eigenvalue weighted by Gasteiger charge is -2.14. The van der Waals surface area contributed by atoms with Crippen LogP contribution in [0.5, 0.6) is 0 Å². The summed E-state index contributed by atoms with van der Waals surface area (Å²) >= 11 is 1.67. The number of carbonyl (C=O) groups is 1. The van der Waals surface area contributed by atoms with Gasteiger partial charge in [-0.1, -0.05) is 48.0 Å². The topological polar surface area (TPSA) is 49.3 Å². The van der Waals surface area contributed by atoms with Crippen molar-refractivity contribution in [2.24, 2.45) is 0 Å². The molecule has 2 N–H and O–H groups in total. The van der Waals surface area contributed by atoms with Gasteiger partial charge in [-0.25, -0.2) is 0 Å². The van der Waals surface area contributed by atoms with E-state index in [-0.39, 0.29) is 0 Å². The number of carboxylic acids is 1. The molecule has 0 bridgehead atoms. The quantitative estimate of drug-likeness (QED) is 0.770. The van der Waals surface area contributed by atoms with E-state index in [4.69, 9.17) is 0 Å². The van der Waals surface area contributed by atoms with Crippen LogP contribution in [0.25, 0.3) is 11.1 Å². The second-order valence-corrected chi connectivity index (χ2v) is 6.61. The van der Waals surface area contributed by atoms with Crippen molar-refractivity contribution in [2.75, 3.05) is 12.0 Å². The Morgan fingerprint density at radius 1 is 1.17 bits per heavy atom. The lowest BCUT2D eigenvalue weighted by atomic mass is 10.0. The average Bonchev–Trinajstić information content (AvgIpc) is 2.55. The second kappa shape index (κ2) is 8.75. The van der Waals surface area contributed by atoms with Crippen molar-refractivity contribution in [1.82, 2.24) is 5.32 Å². The predicted molar refractivity (Wildman–Crippen MR) is 97.9 cm³/mol. The molecule has 0 saturated carbocycles. The predicted octanol–water partition coefficient (Wildman–Crippen LogP) is 3.96. The van der Waals surface area contributed by atoms with Crippen molar-refractivity contribution < 1.29 is 9.90 Å². The van der Waals surface area contributed by atoms with Gasteiger partial charge in [-0.2, -0.15) is 11.8 Å². The molecule has 122 valence electrons. The lowest BCUT2D eigenvalue weighted by Crippen LogP contribution is -2.36. The number of rotatable bonds is 8. The molecule has 23 heavy (non-hydrogen) atoms. The summed E-state index contributed by atoms with van der Waals surface area (Å²) in [5.74, 6) is 0.0571. The van der Waals surface area contributed by atoms with Crippen molar-refractivity contribution in [3.63, 3.8) is 0 Å². The molecule has 2 rings (SSSR count). The van der Waals surface area contributed by atoms with Crippen LogP contribution in [-0.2, 0) is 11.3 Å². The Balaban J connectivity index is 2.04. The minimum atomic E-state index is -0.784. The number of aliphatic carboxylic acids is 1. The zero-order chi connectivity index (χ0) is 16.7. The Morgan fingerprint density at radius 2 is 1.91 bits per heavy atom. The van der Waals surface area contributed by atoms with Crippen molar-refractivity contribution in [3.05, 3.63) is 59.7 Å². The Hall–Kier alpha value is -1.78. The first-order valence-corrected chi connectivity index (χ1v) is 9.10. The molecule has 0 saturated heterocycles. The molecule has 0 heterocycles. The van der Waals surface area contributed by atoms with Crippen molar-refractivity contribution in [2.45, 2.75) is 25.9 Å². The van der Waals surface area contributed by atoms with Crippen LogP contribution in [0, 0.1) is 6.92 Å². The number of hydrogen-bond acceptors (Lipinski definition) is 3. The third-order valence-electron chi connectivity index (χ3n) is 3.77. The molecule has 3 nitrogen and oxygen atoms in total. The van der Waals surface area contributed by atoms with Crippen LogP contribution < -0.4 is 5.32 Å². The van der Waals surface area contributed by atoms with Crippen molar-refractivity contribution in [1.29, 1.82) is 0 Å². The summed E-state index contributed by atoms with van der Waals surface area (Å²) in [6, 6.07) is 16.2. The second-order valence-electron chi connectivity index (χ2n) is 5.62. The molecule has 0 aliphatic carbocycles. The largest absolute Gasteiger partial charge is 0.480 e. The van der Waals surface area contributed by atoms with Crippen LogP contribution >= 0.6 is 11.8 Å². The summed E-state index contributed by atoms with van der Waals surface area (Å²) in [5.41, 5.74) is 4.66. The van der Waals surface area contributed by atoms with Gasteiger partial charge in [-0.15, -0.1) is 0 Å². The summed E-state index contributed by atoms with van der Waals surface area (Å²) in [5, 5.41) is 12.4. The van der Waals surface area contributed by atoms with Crippen LogP contribution in [0.2, 0.25) is 0 Å². The molecule has 2 aromatic rings. The van der Waals surface area contributed by atoms with E-state index in [1.807, 2.05) is 18.4 Å². The Bertz CT molecular complexity index is 640. The van der Waals surface area contributed by atoms with E-state index < -0.39 is 12.0 Å². The maximum atomic E-state index is 11.3. The summed E-state index contributed by atoms with van der Waals surface area (Å²) in [7, 11) is 0. The van der Waals surface area contributed by atoms with E-state index in [2.05, 4.69) is 48.6 Å². The number of carboxylic acid groups (broad SMARTS) is 1. The first-order chi connectivity index (χ1) is 11.1. The minimum absolute atomic E-state index is 0.495. The number of benzene rings is 2. The summed E-state index contributed by atoms with van der Waals surface area (Å²) in [6.07, 6.45) is 2.62. The van der Waals surface area contributed by atoms with Gasteiger partial charge in [0.15, 0.2) is 0 Å². The maximum Gasteiger partial charge on any atom is 0.320 e. The summed E-state index contributed by atoms with van der Waals surface area (Å²) < 4.78 is 0. The molecule has 1 atom stereocenters. The highest BCUT2D eigenvalue weighted by atomic mass is 32.2. The molecule has 0 amide bonds. The van der Waals surface area contributed by atoms with Crippen LogP contribution in [0.4, 0.5) is 0 Å². The number of hydrogen-bond donors (Lipinski definition) is 2. The molecule has 0 aliphatic heterocycles. The van der Waals surface area contributed by atoms with Gasteiger partial charge in [-0.05, 0) is 48.1 Å². The van der Waals surface area contributed by atoms with E-state index in [9.17, 15) is 9.90 Å². The Kier molecular flexibility index (Phi) is 6.68. The summed E-state index contributed by atoms with van der Waals surface area (Å²) in [4.78, 5) is 11.3. The molecule has 0 spiro atoms. The first kappa shape index (κ1) is 17.6. The van der Waals surface area contributed by atoms with Gasteiger partial charge in [0.1, 0.15) is 6.04 Å². The highest BCUT2D eigenvalue weighted by molar-refractivity contribution is 7.98. The van der Waals surface area contributed by atoms with Crippen molar-refractivity contribution in [3.8, 4) is 11.1 Å². The van der Waals surface area contributed by atoms with Gasteiger partial charge in [0.25, 0.3) is 0 Å². The van der Waals surface area contributed by atoms with Crippen molar-refractivity contribution >= 4 is 17.7 Å². The maximum absolute atomic E-state index is 11.3. The smallest absolute Gasteiger partial charge is 0.320 e. The highest BCUT2D eigenvalue weighted by Gasteiger charge is 2.15. The number of thioether (sulfide) groups is 1. The van der Waals surface area contributed by atoms with Crippen LogP contribution in [0.15, 0.2) is 48.5 Å².